The lowest BCUT2D eigenvalue weighted by molar-refractivity contribution is 0.622. The Morgan fingerprint density at radius 1 is 1.08 bits per heavy atom. The maximum atomic E-state index is 3.99. The topological polar surface area (TPSA) is 61.4 Å². The number of rotatable bonds is 2. The maximum Gasteiger partial charge on any atom is 0.154 e. The van der Waals surface area contributed by atoms with Gasteiger partial charge in [0.05, 0.1) is 0 Å². The molecule has 0 unspecified atom stereocenters. The van der Waals surface area contributed by atoms with Crippen molar-refractivity contribution in [2.45, 2.75) is 6.92 Å². The minimum Gasteiger partial charge on any atom is -0.223 e. The second kappa shape index (κ2) is 3.18. The van der Waals surface area contributed by atoms with Crippen molar-refractivity contribution in [3.05, 3.63) is 37.2 Å². The van der Waals surface area contributed by atoms with E-state index in [-0.39, 0.29) is 0 Å². The highest BCUT2D eigenvalue weighted by molar-refractivity contribution is 4.90. The summed E-state index contributed by atoms with van der Waals surface area (Å²) in [6.45, 7) is 1.90. The molecule has 0 radical (unpaired) electrons. The predicted octanol–water partition coefficient (Wildman–Crippen LogP) is 0.0535. The number of nitrogens with zero attached hydrogens (tertiary/aromatic N) is 6. The summed E-state index contributed by atoms with van der Waals surface area (Å²) in [4.78, 5) is 7.70. The van der Waals surface area contributed by atoms with Gasteiger partial charge < -0.3 is 0 Å². The van der Waals surface area contributed by atoms with E-state index in [0.29, 0.717) is 0 Å². The molecule has 2 aromatic heterocycles. The Morgan fingerprint density at radius 2 is 1.62 bits per heavy atom. The highest BCUT2D eigenvalue weighted by atomic mass is 15.5. The van der Waals surface area contributed by atoms with Gasteiger partial charge >= 0.3 is 0 Å². The molecular weight excluding hydrogens is 168 g/mol. The van der Waals surface area contributed by atoms with E-state index in [1.807, 2.05) is 13.0 Å². The first-order valence-corrected chi connectivity index (χ1v) is 3.78. The first-order chi connectivity index (χ1) is 6.42. The first-order valence-electron chi connectivity index (χ1n) is 3.78. The van der Waals surface area contributed by atoms with Crippen LogP contribution in [0.25, 0.3) is 0 Å². The van der Waals surface area contributed by atoms with Gasteiger partial charge in [-0.2, -0.15) is 10.2 Å². The molecule has 2 heterocycles. The fourth-order valence-electron chi connectivity index (χ4n) is 1.02. The summed E-state index contributed by atoms with van der Waals surface area (Å²) < 4.78 is 3.24. The zero-order valence-corrected chi connectivity index (χ0v) is 7.07. The molecule has 0 fully saturated rings. The van der Waals surface area contributed by atoms with E-state index in [0.717, 1.165) is 5.82 Å². The van der Waals surface area contributed by atoms with Gasteiger partial charge in [0.25, 0.3) is 0 Å². The molecule has 0 aliphatic heterocycles. The van der Waals surface area contributed by atoms with Crippen LogP contribution in [0.5, 0.6) is 0 Å². The lowest BCUT2D eigenvalue weighted by atomic mass is 10.6. The molecule has 0 N–H and O–H groups in total. The lowest BCUT2D eigenvalue weighted by Crippen LogP contribution is -2.12. The molecular formula is C7H8N6. The summed E-state index contributed by atoms with van der Waals surface area (Å²) >= 11 is 0. The number of hydrogen-bond donors (Lipinski definition) is 0. The van der Waals surface area contributed by atoms with E-state index in [4.69, 9.17) is 0 Å². The quantitative estimate of drug-likeness (QED) is 0.648. The molecule has 0 saturated heterocycles. The molecule has 0 aliphatic carbocycles. The zero-order valence-electron chi connectivity index (χ0n) is 7.07. The monoisotopic (exact) mass is 176 g/mol. The lowest BCUT2D eigenvalue weighted by Gasteiger charge is -2.03. The summed E-state index contributed by atoms with van der Waals surface area (Å²) in [6.07, 6.45) is 8.04. The Morgan fingerprint density at radius 3 is 1.92 bits per heavy atom. The van der Waals surface area contributed by atoms with Crippen molar-refractivity contribution in [2.75, 3.05) is 0 Å². The van der Waals surface area contributed by atoms with Gasteiger partial charge in [0.15, 0.2) is 5.82 Å². The van der Waals surface area contributed by atoms with Crippen LogP contribution in [0.2, 0.25) is 0 Å². The zero-order chi connectivity index (χ0) is 9.10. The van der Waals surface area contributed by atoms with Crippen LogP contribution in [0.3, 0.4) is 0 Å². The van der Waals surface area contributed by atoms with Crippen molar-refractivity contribution in [3.8, 4) is 0 Å². The van der Waals surface area contributed by atoms with Crippen molar-refractivity contribution in [3.63, 3.8) is 0 Å². The molecule has 66 valence electrons. The van der Waals surface area contributed by atoms with E-state index in [9.17, 15) is 0 Å². The van der Waals surface area contributed by atoms with Crippen molar-refractivity contribution >= 4 is 0 Å². The van der Waals surface area contributed by atoms with E-state index in [2.05, 4.69) is 20.2 Å². The SMILES string of the molecule is CC=C(n1cncn1)n1cncn1. The standard InChI is InChI=1S/C7H8N6/c1-2-7(12-5-8-3-10-12)13-6-9-4-11-13/h2-6H,1H3. The Kier molecular flexibility index (Phi) is 1.87. The third-order valence-corrected chi connectivity index (χ3v) is 1.57. The highest BCUT2D eigenvalue weighted by Crippen LogP contribution is 1.96. The van der Waals surface area contributed by atoms with E-state index in [1.54, 1.807) is 22.0 Å². The Bertz CT molecular complexity index is 348. The van der Waals surface area contributed by atoms with Crippen LogP contribution in [0.15, 0.2) is 31.4 Å². The van der Waals surface area contributed by atoms with Crippen molar-refractivity contribution < 1.29 is 0 Å². The molecule has 2 rings (SSSR count). The summed E-state index contributed by atoms with van der Waals surface area (Å²) in [5.41, 5.74) is 0. The highest BCUT2D eigenvalue weighted by Gasteiger charge is 2.01. The number of hydrogen-bond acceptors (Lipinski definition) is 4. The number of allylic oxidation sites excluding steroid dienone is 1. The van der Waals surface area contributed by atoms with Gasteiger partial charge in [-0.1, -0.05) is 0 Å². The summed E-state index contributed by atoms with van der Waals surface area (Å²) in [6, 6.07) is 0. The molecule has 0 amide bonds. The van der Waals surface area contributed by atoms with Crippen molar-refractivity contribution in [1.82, 2.24) is 29.5 Å². The normalized spacial score (nSPS) is 9.92. The van der Waals surface area contributed by atoms with Crippen LogP contribution in [0.4, 0.5) is 0 Å². The van der Waals surface area contributed by atoms with Gasteiger partial charge in [-0.05, 0) is 13.0 Å². The number of aromatic nitrogens is 6. The molecule has 6 nitrogen and oxygen atoms in total. The maximum absolute atomic E-state index is 3.99. The van der Waals surface area contributed by atoms with Gasteiger partial charge in [-0.25, -0.2) is 19.3 Å². The molecule has 0 aliphatic rings. The minimum absolute atomic E-state index is 0.801. The fourth-order valence-corrected chi connectivity index (χ4v) is 1.02. The van der Waals surface area contributed by atoms with Crippen LogP contribution in [0.1, 0.15) is 6.92 Å². The largest absolute Gasteiger partial charge is 0.223 e. The van der Waals surface area contributed by atoms with E-state index >= 15 is 0 Å². The second-order valence-electron chi connectivity index (χ2n) is 2.33. The van der Waals surface area contributed by atoms with Crippen LogP contribution in [-0.2, 0) is 0 Å². The van der Waals surface area contributed by atoms with Crippen LogP contribution in [0, 0.1) is 5.82 Å². The molecule has 0 spiro atoms. The van der Waals surface area contributed by atoms with Gasteiger partial charge in [0, 0.05) is 0 Å². The Labute approximate surface area is 74.5 Å². The van der Waals surface area contributed by atoms with Crippen LogP contribution >= 0.6 is 0 Å². The van der Waals surface area contributed by atoms with Gasteiger partial charge in [0.2, 0.25) is 0 Å². The average Bonchev–Trinajstić information content (AvgIpc) is 2.76. The molecule has 13 heavy (non-hydrogen) atoms. The first kappa shape index (κ1) is 7.66. The van der Waals surface area contributed by atoms with Gasteiger partial charge in [0.1, 0.15) is 25.3 Å². The molecule has 6 heteroatoms. The predicted molar refractivity (Wildman–Crippen MR) is 44.3 cm³/mol. The average molecular weight is 176 g/mol. The minimum atomic E-state index is 0.801. The summed E-state index contributed by atoms with van der Waals surface area (Å²) in [7, 11) is 0. The Hall–Kier alpha value is -1.98. The molecule has 0 saturated carbocycles. The van der Waals surface area contributed by atoms with E-state index in [1.165, 1.54) is 12.7 Å². The molecule has 0 aromatic carbocycles. The third kappa shape index (κ3) is 1.33. The second-order valence-corrected chi connectivity index (χ2v) is 2.33. The van der Waals surface area contributed by atoms with Crippen molar-refractivity contribution in [2.24, 2.45) is 0 Å². The third-order valence-electron chi connectivity index (χ3n) is 1.57. The fraction of sp³-hybridized carbons (Fsp3) is 0.143. The van der Waals surface area contributed by atoms with Gasteiger partial charge in [-0.3, -0.25) is 0 Å². The smallest absolute Gasteiger partial charge is 0.154 e. The summed E-state index contributed by atoms with van der Waals surface area (Å²) in [5.74, 6) is 0.801. The molecule has 0 bridgehead atoms. The van der Waals surface area contributed by atoms with Crippen LogP contribution < -0.4 is 0 Å². The molecule has 2 aromatic rings. The van der Waals surface area contributed by atoms with E-state index < -0.39 is 0 Å². The Balaban J connectivity index is 2.42. The van der Waals surface area contributed by atoms with Crippen molar-refractivity contribution in [1.29, 1.82) is 0 Å². The summed E-state index contributed by atoms with van der Waals surface area (Å²) in [5, 5.41) is 7.98. The van der Waals surface area contributed by atoms with Gasteiger partial charge in [-0.15, -0.1) is 0 Å². The molecule has 0 atom stereocenters. The van der Waals surface area contributed by atoms with Crippen LogP contribution in [-0.4, -0.2) is 29.5 Å².